The predicted octanol–water partition coefficient (Wildman–Crippen LogP) is 2.97. The number of rotatable bonds is 5. The highest BCUT2D eigenvalue weighted by Crippen LogP contribution is 2.38. The second-order valence-corrected chi connectivity index (χ2v) is 6.94. The standard InChI is InChI=1S/C14H19BrN2OS/c1-16(2)8-3-9-17-13(18)10-19-14(17)11-4-6-12(15)7-5-11/h4-7,14H,3,8-10H2,1-2H3. The zero-order valence-corrected chi connectivity index (χ0v) is 13.7. The first-order valence-electron chi connectivity index (χ1n) is 6.39. The molecule has 5 heteroatoms. The van der Waals surface area contributed by atoms with Gasteiger partial charge >= 0.3 is 0 Å². The van der Waals surface area contributed by atoms with Gasteiger partial charge in [-0.05, 0) is 44.8 Å². The van der Waals surface area contributed by atoms with Gasteiger partial charge in [-0.25, -0.2) is 0 Å². The molecule has 1 heterocycles. The number of carbonyl (C=O) groups is 1. The number of benzene rings is 1. The molecule has 19 heavy (non-hydrogen) atoms. The molecule has 1 amide bonds. The zero-order valence-electron chi connectivity index (χ0n) is 11.3. The monoisotopic (exact) mass is 342 g/mol. The van der Waals surface area contributed by atoms with Gasteiger partial charge in [0.1, 0.15) is 5.37 Å². The fraction of sp³-hybridized carbons (Fsp3) is 0.500. The van der Waals surface area contributed by atoms with Crippen molar-refractivity contribution in [2.45, 2.75) is 11.8 Å². The molecule has 0 bridgehead atoms. The van der Waals surface area contributed by atoms with E-state index in [1.54, 1.807) is 11.8 Å². The summed E-state index contributed by atoms with van der Waals surface area (Å²) >= 11 is 5.17. The topological polar surface area (TPSA) is 23.6 Å². The minimum absolute atomic E-state index is 0.183. The second kappa shape index (κ2) is 6.77. The van der Waals surface area contributed by atoms with Gasteiger partial charge in [-0.15, -0.1) is 11.8 Å². The maximum absolute atomic E-state index is 12.0. The van der Waals surface area contributed by atoms with Crippen LogP contribution >= 0.6 is 27.7 Å². The number of carbonyl (C=O) groups excluding carboxylic acids is 1. The molecule has 1 fully saturated rings. The first-order valence-corrected chi connectivity index (χ1v) is 8.23. The van der Waals surface area contributed by atoms with Crippen LogP contribution in [0.25, 0.3) is 0 Å². The van der Waals surface area contributed by atoms with Crippen molar-refractivity contribution < 1.29 is 4.79 Å². The van der Waals surface area contributed by atoms with Gasteiger partial charge < -0.3 is 9.80 Å². The van der Waals surface area contributed by atoms with Crippen molar-refractivity contribution in [3.8, 4) is 0 Å². The summed E-state index contributed by atoms with van der Waals surface area (Å²) in [5.41, 5.74) is 1.21. The molecule has 0 aromatic heterocycles. The van der Waals surface area contributed by atoms with Crippen LogP contribution in [-0.4, -0.2) is 48.6 Å². The van der Waals surface area contributed by atoms with Crippen molar-refractivity contribution in [1.29, 1.82) is 0 Å². The first-order chi connectivity index (χ1) is 9.08. The Bertz CT molecular complexity index is 436. The maximum Gasteiger partial charge on any atom is 0.233 e. The summed E-state index contributed by atoms with van der Waals surface area (Å²) in [6, 6.07) is 8.27. The van der Waals surface area contributed by atoms with Crippen molar-refractivity contribution in [2.75, 3.05) is 32.9 Å². The summed E-state index contributed by atoms with van der Waals surface area (Å²) in [5.74, 6) is 0.861. The van der Waals surface area contributed by atoms with E-state index in [4.69, 9.17) is 0 Å². The summed E-state index contributed by atoms with van der Waals surface area (Å²) in [6.45, 7) is 1.85. The van der Waals surface area contributed by atoms with E-state index < -0.39 is 0 Å². The number of hydrogen-bond acceptors (Lipinski definition) is 3. The van der Waals surface area contributed by atoms with Crippen molar-refractivity contribution in [3.63, 3.8) is 0 Å². The van der Waals surface area contributed by atoms with E-state index in [0.29, 0.717) is 5.75 Å². The molecule has 1 saturated heterocycles. The predicted molar refractivity (Wildman–Crippen MR) is 84.2 cm³/mol. The fourth-order valence-electron chi connectivity index (χ4n) is 2.16. The number of amides is 1. The van der Waals surface area contributed by atoms with E-state index in [1.807, 2.05) is 17.0 Å². The Labute approximate surface area is 127 Å². The van der Waals surface area contributed by atoms with Gasteiger partial charge in [0.25, 0.3) is 0 Å². The van der Waals surface area contributed by atoms with Crippen LogP contribution in [0.2, 0.25) is 0 Å². The minimum Gasteiger partial charge on any atom is -0.326 e. The summed E-state index contributed by atoms with van der Waals surface area (Å²) in [4.78, 5) is 16.1. The van der Waals surface area contributed by atoms with Crippen LogP contribution in [0.3, 0.4) is 0 Å². The van der Waals surface area contributed by atoms with E-state index in [-0.39, 0.29) is 11.3 Å². The molecule has 0 aliphatic carbocycles. The van der Waals surface area contributed by atoms with Crippen LogP contribution in [-0.2, 0) is 4.79 Å². The van der Waals surface area contributed by atoms with Gasteiger partial charge in [-0.1, -0.05) is 28.1 Å². The third-order valence-electron chi connectivity index (χ3n) is 3.13. The highest BCUT2D eigenvalue weighted by Gasteiger charge is 2.32. The summed E-state index contributed by atoms with van der Waals surface area (Å²) in [6.07, 6.45) is 1.02. The van der Waals surface area contributed by atoms with Crippen LogP contribution in [0, 0.1) is 0 Å². The average molecular weight is 343 g/mol. The fourth-order valence-corrected chi connectivity index (χ4v) is 3.64. The van der Waals surface area contributed by atoms with Gasteiger partial charge in [0.05, 0.1) is 5.75 Å². The largest absolute Gasteiger partial charge is 0.326 e. The van der Waals surface area contributed by atoms with Crippen molar-refractivity contribution in [2.24, 2.45) is 0 Å². The molecule has 1 aromatic rings. The molecule has 1 aliphatic rings. The average Bonchev–Trinajstić information content (AvgIpc) is 2.72. The molecule has 1 aromatic carbocycles. The number of thioether (sulfide) groups is 1. The Morgan fingerprint density at radius 2 is 2.05 bits per heavy atom. The Morgan fingerprint density at radius 1 is 1.37 bits per heavy atom. The van der Waals surface area contributed by atoms with Crippen LogP contribution < -0.4 is 0 Å². The summed E-state index contributed by atoms with van der Waals surface area (Å²) in [5, 5.41) is 0.183. The number of hydrogen-bond donors (Lipinski definition) is 0. The van der Waals surface area contributed by atoms with Gasteiger partial charge in [0.15, 0.2) is 0 Å². The Hall–Kier alpha value is -0.520. The normalized spacial score (nSPS) is 19.5. The van der Waals surface area contributed by atoms with Crippen LogP contribution in [0.4, 0.5) is 0 Å². The van der Waals surface area contributed by atoms with Gasteiger partial charge in [-0.3, -0.25) is 4.79 Å². The summed E-state index contributed by atoms with van der Waals surface area (Å²) in [7, 11) is 4.12. The lowest BCUT2D eigenvalue weighted by Gasteiger charge is -2.25. The maximum atomic E-state index is 12.0. The lowest BCUT2D eigenvalue weighted by atomic mass is 10.2. The van der Waals surface area contributed by atoms with E-state index in [0.717, 1.165) is 24.0 Å². The molecule has 0 radical (unpaired) electrons. The van der Waals surface area contributed by atoms with Crippen molar-refractivity contribution in [1.82, 2.24) is 9.80 Å². The SMILES string of the molecule is CN(C)CCCN1C(=O)CSC1c1ccc(Br)cc1. The Kier molecular flexibility index (Phi) is 5.30. The van der Waals surface area contributed by atoms with Gasteiger partial charge in [0, 0.05) is 11.0 Å². The third kappa shape index (κ3) is 3.97. The molecule has 1 aliphatic heterocycles. The smallest absolute Gasteiger partial charge is 0.233 e. The molecule has 104 valence electrons. The van der Waals surface area contributed by atoms with E-state index in [1.165, 1.54) is 5.56 Å². The molecular formula is C14H19BrN2OS. The molecule has 1 atom stereocenters. The molecule has 0 saturated carbocycles. The van der Waals surface area contributed by atoms with Crippen molar-refractivity contribution >= 4 is 33.6 Å². The highest BCUT2D eigenvalue weighted by atomic mass is 79.9. The zero-order chi connectivity index (χ0) is 13.8. The quantitative estimate of drug-likeness (QED) is 0.821. The minimum atomic E-state index is 0.183. The Morgan fingerprint density at radius 3 is 2.68 bits per heavy atom. The van der Waals surface area contributed by atoms with E-state index in [9.17, 15) is 4.79 Å². The van der Waals surface area contributed by atoms with Crippen LogP contribution in [0.5, 0.6) is 0 Å². The van der Waals surface area contributed by atoms with Gasteiger partial charge in [0.2, 0.25) is 5.91 Å². The van der Waals surface area contributed by atoms with Gasteiger partial charge in [-0.2, -0.15) is 0 Å². The van der Waals surface area contributed by atoms with Crippen molar-refractivity contribution in [3.05, 3.63) is 34.3 Å². The lowest BCUT2D eigenvalue weighted by molar-refractivity contribution is -0.128. The molecule has 0 spiro atoms. The number of nitrogens with zero attached hydrogens (tertiary/aromatic N) is 2. The van der Waals surface area contributed by atoms with Crippen LogP contribution in [0.15, 0.2) is 28.7 Å². The lowest BCUT2D eigenvalue weighted by Crippen LogP contribution is -2.31. The van der Waals surface area contributed by atoms with E-state index >= 15 is 0 Å². The highest BCUT2D eigenvalue weighted by molar-refractivity contribution is 9.10. The molecular weight excluding hydrogens is 324 g/mol. The molecule has 2 rings (SSSR count). The van der Waals surface area contributed by atoms with E-state index in [2.05, 4.69) is 47.1 Å². The second-order valence-electron chi connectivity index (χ2n) is 4.96. The van der Waals surface area contributed by atoms with Crippen LogP contribution in [0.1, 0.15) is 17.4 Å². The Balaban J connectivity index is 2.02. The number of halogens is 1. The molecule has 1 unspecified atom stereocenters. The summed E-state index contributed by atoms with van der Waals surface area (Å²) < 4.78 is 1.07. The third-order valence-corrected chi connectivity index (χ3v) is 4.91. The molecule has 3 nitrogen and oxygen atoms in total. The first kappa shape index (κ1) is 14.9. The molecule has 0 N–H and O–H groups in total.